The van der Waals surface area contributed by atoms with Crippen molar-refractivity contribution in [3.05, 3.63) is 18.4 Å². The molecule has 3 aliphatic rings. The average Bonchev–Trinajstić information content (AvgIpc) is 3.48. The third kappa shape index (κ3) is 8.97. The molecule has 1 spiro atoms. The van der Waals surface area contributed by atoms with E-state index in [4.69, 9.17) is 23.7 Å². The molecule has 0 bridgehead atoms. The van der Waals surface area contributed by atoms with Gasteiger partial charge in [-0.25, -0.2) is 4.74 Å². The van der Waals surface area contributed by atoms with E-state index in [9.17, 15) is 49.0 Å². The zero-order valence-electron chi connectivity index (χ0n) is 26.0. The summed E-state index contributed by atoms with van der Waals surface area (Å²) in [7, 11) is -6.53. The summed E-state index contributed by atoms with van der Waals surface area (Å²) in [5.74, 6) is -11.3. The number of halogens is 8. The number of nitrogens with one attached hydrogen (secondary N) is 1. The first-order chi connectivity index (χ1) is 21.3. The van der Waals surface area contributed by atoms with Crippen LogP contribution in [0.1, 0.15) is 72.6 Å². The number of hydrogen-bond acceptors (Lipinski definition) is 10. The maximum Gasteiger partial charge on any atom is 0.439 e. The second-order valence-electron chi connectivity index (χ2n) is 12.0. The summed E-state index contributed by atoms with van der Waals surface area (Å²) in [6.07, 6.45) is -18.0. The Morgan fingerprint density at radius 3 is 2.23 bits per heavy atom. The molecule has 0 aliphatic carbocycles. The number of allylic oxidation sites excluding steroid dienone is 1. The SMILES string of the molecule is C=C=CCCCCNC(=O)CCCCC(F)(F)C(F)(F)OC(F)(F)C(F)(F)S(O)(O)O[C@@H]1C2OC(C)(C)O[C@H]2O[C@]12COC(C)(C)O2. The van der Waals surface area contributed by atoms with Crippen LogP contribution < -0.4 is 5.32 Å². The van der Waals surface area contributed by atoms with Crippen molar-refractivity contribution in [2.24, 2.45) is 0 Å². The van der Waals surface area contributed by atoms with Gasteiger partial charge in [-0.2, -0.15) is 35.1 Å². The van der Waals surface area contributed by atoms with E-state index in [1.54, 1.807) is 6.08 Å². The van der Waals surface area contributed by atoms with Crippen molar-refractivity contribution >= 4 is 16.8 Å². The van der Waals surface area contributed by atoms with Crippen LogP contribution in [-0.4, -0.2) is 87.4 Å². The average molecular weight is 722 g/mol. The van der Waals surface area contributed by atoms with Gasteiger partial charge in [-0.15, -0.1) is 5.73 Å². The predicted molar refractivity (Wildman–Crippen MR) is 146 cm³/mol. The molecule has 1 unspecified atom stereocenters. The van der Waals surface area contributed by atoms with Gasteiger partial charge in [0.2, 0.25) is 11.7 Å². The second kappa shape index (κ2) is 14.0. The van der Waals surface area contributed by atoms with Crippen molar-refractivity contribution in [2.75, 3.05) is 13.2 Å². The lowest BCUT2D eigenvalue weighted by atomic mass is 10.1. The van der Waals surface area contributed by atoms with Gasteiger partial charge in [0, 0.05) is 19.4 Å². The Labute approximate surface area is 267 Å². The van der Waals surface area contributed by atoms with E-state index < -0.39 is 95.5 Å². The Morgan fingerprint density at radius 2 is 1.64 bits per heavy atom. The molecule has 3 N–H and O–H groups in total. The number of alkyl halides is 8. The van der Waals surface area contributed by atoms with Crippen molar-refractivity contribution in [3.8, 4) is 0 Å². The van der Waals surface area contributed by atoms with E-state index in [1.165, 1.54) is 27.7 Å². The van der Waals surface area contributed by atoms with Gasteiger partial charge in [0.1, 0.15) is 12.7 Å². The number of carbonyl (C=O) groups is 1. The molecule has 11 nitrogen and oxygen atoms in total. The van der Waals surface area contributed by atoms with Crippen LogP contribution in [0, 0.1) is 0 Å². The monoisotopic (exact) mass is 721 g/mol. The summed E-state index contributed by atoms with van der Waals surface area (Å²) in [6, 6.07) is 0. The van der Waals surface area contributed by atoms with Crippen LogP contribution in [0.4, 0.5) is 35.1 Å². The molecule has 0 aromatic rings. The molecule has 47 heavy (non-hydrogen) atoms. The fourth-order valence-electron chi connectivity index (χ4n) is 4.87. The smallest absolute Gasteiger partial charge is 0.356 e. The van der Waals surface area contributed by atoms with E-state index in [2.05, 4.69) is 26.5 Å². The summed E-state index contributed by atoms with van der Waals surface area (Å²) in [6.45, 7) is 8.34. The molecular weight excluding hydrogens is 682 g/mol. The van der Waals surface area contributed by atoms with Crippen LogP contribution in [0.3, 0.4) is 0 Å². The summed E-state index contributed by atoms with van der Waals surface area (Å²) in [4.78, 5) is 11.8. The van der Waals surface area contributed by atoms with Crippen LogP contribution in [0.2, 0.25) is 0 Å². The molecule has 20 heteroatoms. The highest BCUT2D eigenvalue weighted by Crippen LogP contribution is 2.66. The number of fused-ring (bicyclic) bond motifs is 1. The van der Waals surface area contributed by atoms with Crippen molar-refractivity contribution in [3.63, 3.8) is 0 Å². The highest BCUT2D eigenvalue weighted by atomic mass is 32.3. The Hall–Kier alpha value is -1.58. The first-order valence-corrected chi connectivity index (χ1v) is 16.0. The molecule has 0 aromatic heterocycles. The maximum absolute atomic E-state index is 15.0. The quantitative estimate of drug-likeness (QED) is 0.0853. The van der Waals surface area contributed by atoms with Crippen LogP contribution >= 0.6 is 10.9 Å². The topological polar surface area (TPSA) is 134 Å². The molecule has 274 valence electrons. The van der Waals surface area contributed by atoms with Crippen molar-refractivity contribution in [2.45, 2.75) is 132 Å². The number of carbonyl (C=O) groups excluding carboxylic acids is 1. The van der Waals surface area contributed by atoms with Crippen molar-refractivity contribution < 1.29 is 81.6 Å². The van der Waals surface area contributed by atoms with Gasteiger partial charge >= 0.3 is 23.4 Å². The largest absolute Gasteiger partial charge is 0.439 e. The van der Waals surface area contributed by atoms with Crippen molar-refractivity contribution in [1.29, 1.82) is 0 Å². The number of ether oxygens (including phenoxy) is 6. The Kier molecular flexibility index (Phi) is 11.8. The first-order valence-electron chi connectivity index (χ1n) is 14.5. The van der Waals surface area contributed by atoms with Gasteiger partial charge in [0.15, 0.2) is 34.8 Å². The van der Waals surface area contributed by atoms with E-state index in [0.29, 0.717) is 19.3 Å². The van der Waals surface area contributed by atoms with E-state index in [1.807, 2.05) is 0 Å². The lowest BCUT2D eigenvalue weighted by molar-refractivity contribution is -0.457. The van der Waals surface area contributed by atoms with Gasteiger partial charge in [0.05, 0.1) is 0 Å². The van der Waals surface area contributed by atoms with Crippen LogP contribution in [0.5, 0.6) is 0 Å². The molecule has 3 rings (SSSR count). The van der Waals surface area contributed by atoms with E-state index >= 15 is 0 Å². The molecule has 0 aromatic carbocycles. The Bertz CT molecular complexity index is 1170. The summed E-state index contributed by atoms with van der Waals surface area (Å²) in [5.41, 5.74) is 2.57. The summed E-state index contributed by atoms with van der Waals surface area (Å²) >= 11 is 0. The van der Waals surface area contributed by atoms with Crippen LogP contribution in [-0.2, 0) is 37.4 Å². The minimum absolute atomic E-state index is 0.256. The minimum atomic E-state index is -6.65. The third-order valence-electron chi connectivity index (χ3n) is 7.15. The molecule has 3 fully saturated rings. The second-order valence-corrected chi connectivity index (χ2v) is 13.7. The molecule has 0 saturated carbocycles. The highest BCUT2D eigenvalue weighted by molar-refractivity contribution is 8.21. The number of rotatable bonds is 17. The van der Waals surface area contributed by atoms with Crippen LogP contribution in [0.25, 0.3) is 0 Å². The lowest BCUT2D eigenvalue weighted by Crippen LogP contribution is -2.56. The molecule has 3 saturated heterocycles. The lowest BCUT2D eigenvalue weighted by Gasteiger charge is -2.42. The molecule has 3 aliphatic heterocycles. The minimum Gasteiger partial charge on any atom is -0.356 e. The summed E-state index contributed by atoms with van der Waals surface area (Å²) < 4.78 is 171. The maximum atomic E-state index is 15.0. The number of unbranched alkanes of at least 4 members (excludes halogenated alkanes) is 3. The molecule has 4 atom stereocenters. The van der Waals surface area contributed by atoms with Gasteiger partial charge in [0.25, 0.3) is 0 Å². The van der Waals surface area contributed by atoms with E-state index in [-0.39, 0.29) is 19.4 Å². The molecule has 1 amide bonds. The summed E-state index contributed by atoms with van der Waals surface area (Å²) in [5, 5.41) is -3.97. The number of hydrogen-bond donors (Lipinski definition) is 3. The van der Waals surface area contributed by atoms with Crippen LogP contribution in [0.15, 0.2) is 18.4 Å². The first kappa shape index (κ1) is 39.9. The van der Waals surface area contributed by atoms with Gasteiger partial charge < -0.3 is 38.1 Å². The predicted octanol–water partition coefficient (Wildman–Crippen LogP) is 6.64. The molecule has 0 radical (unpaired) electrons. The number of amides is 1. The molecular formula is C27H39F8NO10S. The van der Waals surface area contributed by atoms with Gasteiger partial charge in [-0.1, -0.05) is 6.58 Å². The normalized spacial score (nSPS) is 27.9. The van der Waals surface area contributed by atoms with Gasteiger partial charge in [-0.05, 0) is 65.9 Å². The van der Waals surface area contributed by atoms with E-state index in [0.717, 1.165) is 0 Å². The zero-order chi connectivity index (χ0) is 35.7. The van der Waals surface area contributed by atoms with Crippen molar-refractivity contribution in [1.82, 2.24) is 5.32 Å². The van der Waals surface area contributed by atoms with Gasteiger partial charge in [-0.3, -0.25) is 8.98 Å². The third-order valence-corrected chi connectivity index (χ3v) is 8.54. The fraction of sp³-hybridized carbons (Fsp3) is 0.852. The molecule has 3 heterocycles. The highest BCUT2D eigenvalue weighted by Gasteiger charge is 2.77. The fourth-order valence-corrected chi connectivity index (χ4v) is 5.88. The standard InChI is InChI=1S/C27H39F8NO10S/c1-6-7-8-9-12-15-36-17(37)13-10-11-14-24(28,29)25(30,31)46-26(32,33)27(34,35)47(38,39)44-19-18-20(42-22(4,5)41-18)43-23(19)16-40-21(2,3)45-23/h7,18-20,38-39H,1,8-16H2,2-5H3,(H,36,37)/t18?,19-,20+,23+/m1/s1. The Morgan fingerprint density at radius 1 is 0.979 bits per heavy atom. The zero-order valence-corrected chi connectivity index (χ0v) is 26.8. The Balaban J connectivity index is 1.64.